The number of benzene rings is 5. The Bertz CT molecular complexity index is 2730. The number of hydrogen-bond donors (Lipinski definition) is 0. The van der Waals surface area contributed by atoms with Gasteiger partial charge in [-0.3, -0.25) is 0 Å². The minimum absolute atomic E-state index is 0.847. The Balaban J connectivity index is 1.02. The number of hydrogen-bond acceptors (Lipinski definition) is 2. The zero-order valence-corrected chi connectivity index (χ0v) is 27.4. The molecule has 0 N–H and O–H groups in total. The maximum atomic E-state index is 5.16. The highest BCUT2D eigenvalue weighted by atomic mass is 15.0. The second-order valence-corrected chi connectivity index (χ2v) is 12.9. The predicted octanol–water partition coefficient (Wildman–Crippen LogP) is 11.5. The SMILES string of the molecule is C1=Cc2c(n(-c3cccc(-c4cccc(-c5cccc(-c6cccc(-n7c8ccccc8c8ccccc87)c6)n5)n4)c3)c3ccccc23)CC1. The van der Waals surface area contributed by atoms with Gasteiger partial charge in [-0.15, -0.1) is 0 Å². The van der Waals surface area contributed by atoms with Gasteiger partial charge >= 0.3 is 0 Å². The molecule has 0 aliphatic heterocycles. The Morgan fingerprint density at radius 3 is 1.50 bits per heavy atom. The summed E-state index contributed by atoms with van der Waals surface area (Å²) in [6.45, 7) is 0. The average Bonchev–Trinajstić information content (AvgIpc) is 3.71. The summed E-state index contributed by atoms with van der Waals surface area (Å²) in [6.07, 6.45) is 6.66. The Morgan fingerprint density at radius 2 is 0.900 bits per heavy atom. The molecule has 0 atom stereocenters. The highest BCUT2D eigenvalue weighted by Crippen LogP contribution is 2.36. The van der Waals surface area contributed by atoms with Crippen LogP contribution in [0.5, 0.6) is 0 Å². The minimum Gasteiger partial charge on any atom is -0.313 e. The molecule has 1 aliphatic carbocycles. The molecule has 4 aromatic heterocycles. The highest BCUT2D eigenvalue weighted by molar-refractivity contribution is 6.09. The maximum Gasteiger partial charge on any atom is 0.0893 e. The first-order valence-corrected chi connectivity index (χ1v) is 17.2. The molecule has 50 heavy (non-hydrogen) atoms. The van der Waals surface area contributed by atoms with E-state index in [1.807, 2.05) is 0 Å². The van der Waals surface area contributed by atoms with Gasteiger partial charge in [0.15, 0.2) is 0 Å². The van der Waals surface area contributed by atoms with Crippen LogP contribution in [-0.2, 0) is 6.42 Å². The normalized spacial score (nSPS) is 12.6. The van der Waals surface area contributed by atoms with Gasteiger partial charge in [0.25, 0.3) is 0 Å². The first-order chi connectivity index (χ1) is 24.8. The van der Waals surface area contributed by atoms with Crippen LogP contribution in [0.2, 0.25) is 0 Å². The van der Waals surface area contributed by atoms with Crippen molar-refractivity contribution in [1.82, 2.24) is 19.1 Å². The van der Waals surface area contributed by atoms with Crippen LogP contribution in [0.4, 0.5) is 0 Å². The molecular weight excluding hydrogens is 609 g/mol. The highest BCUT2D eigenvalue weighted by Gasteiger charge is 2.19. The van der Waals surface area contributed by atoms with Crippen molar-refractivity contribution < 1.29 is 0 Å². The zero-order chi connectivity index (χ0) is 33.0. The van der Waals surface area contributed by atoms with Crippen molar-refractivity contribution in [3.8, 4) is 45.3 Å². The van der Waals surface area contributed by atoms with Crippen molar-refractivity contribution in [1.29, 1.82) is 0 Å². The van der Waals surface area contributed by atoms with Crippen LogP contribution in [0.3, 0.4) is 0 Å². The average molecular weight is 641 g/mol. The molecule has 10 rings (SSSR count). The zero-order valence-electron chi connectivity index (χ0n) is 27.4. The third-order valence-electron chi connectivity index (χ3n) is 9.99. The van der Waals surface area contributed by atoms with Crippen molar-refractivity contribution in [2.45, 2.75) is 12.8 Å². The van der Waals surface area contributed by atoms with E-state index in [1.165, 1.54) is 44.0 Å². The molecule has 0 bridgehead atoms. The maximum absolute atomic E-state index is 5.16. The molecule has 4 heteroatoms. The molecule has 0 unspecified atom stereocenters. The second-order valence-electron chi connectivity index (χ2n) is 12.9. The fourth-order valence-corrected chi connectivity index (χ4v) is 7.75. The van der Waals surface area contributed by atoms with Gasteiger partial charge in [-0.25, -0.2) is 9.97 Å². The quantitative estimate of drug-likeness (QED) is 0.188. The van der Waals surface area contributed by atoms with E-state index in [1.54, 1.807) is 0 Å². The standard InChI is InChI=1S/C46H32N4/c1-5-25-43-35(17-1)36-18-2-6-26-44(36)49(43)33-15-9-13-31(29-33)39-21-11-23-41(47-39)42-24-12-22-40(48-42)32-14-10-16-34(30-32)50-45-27-7-3-19-37(45)38-20-4-8-28-46(38)50/h1-7,9-27,29-30H,8,28H2. The minimum atomic E-state index is 0.847. The van der Waals surface area contributed by atoms with E-state index in [4.69, 9.17) is 9.97 Å². The van der Waals surface area contributed by atoms with Crippen molar-refractivity contribution in [3.05, 3.63) is 175 Å². The molecule has 0 saturated carbocycles. The number of aromatic nitrogens is 4. The lowest BCUT2D eigenvalue weighted by Gasteiger charge is -2.14. The summed E-state index contributed by atoms with van der Waals surface area (Å²) in [4.78, 5) is 10.3. The molecule has 0 fully saturated rings. The van der Waals surface area contributed by atoms with Crippen molar-refractivity contribution in [2.24, 2.45) is 0 Å². The number of fused-ring (bicyclic) bond motifs is 6. The molecule has 5 aromatic carbocycles. The molecular formula is C46H32N4. The summed E-state index contributed by atoms with van der Waals surface area (Å²) in [5.74, 6) is 0. The van der Waals surface area contributed by atoms with Crippen LogP contribution in [-0.4, -0.2) is 19.1 Å². The molecule has 4 nitrogen and oxygen atoms in total. The van der Waals surface area contributed by atoms with Crippen molar-refractivity contribution >= 4 is 38.8 Å². The number of para-hydroxylation sites is 3. The molecule has 0 radical (unpaired) electrons. The molecule has 0 spiro atoms. The van der Waals surface area contributed by atoms with E-state index in [2.05, 4.69) is 179 Å². The fourth-order valence-electron chi connectivity index (χ4n) is 7.75. The Kier molecular flexibility index (Phi) is 6.59. The molecule has 236 valence electrons. The van der Waals surface area contributed by atoms with Gasteiger partial charge in [-0.05, 0) is 79.6 Å². The van der Waals surface area contributed by atoms with E-state index >= 15 is 0 Å². The molecule has 0 amide bonds. The molecule has 0 saturated heterocycles. The summed E-state index contributed by atoms with van der Waals surface area (Å²) in [5.41, 5.74) is 14.3. The third-order valence-corrected chi connectivity index (χ3v) is 9.99. The lowest BCUT2D eigenvalue weighted by Crippen LogP contribution is -2.03. The van der Waals surface area contributed by atoms with Gasteiger partial charge in [0.2, 0.25) is 0 Å². The lowest BCUT2D eigenvalue weighted by molar-refractivity contribution is 0.888. The predicted molar refractivity (Wildman–Crippen MR) is 207 cm³/mol. The van der Waals surface area contributed by atoms with Crippen LogP contribution in [0, 0.1) is 0 Å². The van der Waals surface area contributed by atoms with Gasteiger partial charge in [0.1, 0.15) is 0 Å². The van der Waals surface area contributed by atoms with Crippen LogP contribution in [0.15, 0.2) is 164 Å². The van der Waals surface area contributed by atoms with E-state index in [-0.39, 0.29) is 0 Å². The largest absolute Gasteiger partial charge is 0.313 e. The topological polar surface area (TPSA) is 35.6 Å². The number of nitrogens with zero attached hydrogens (tertiary/aromatic N) is 4. The number of rotatable bonds is 5. The Labute approximate surface area is 290 Å². The smallest absolute Gasteiger partial charge is 0.0893 e. The molecule has 1 aliphatic rings. The Morgan fingerprint density at radius 1 is 0.420 bits per heavy atom. The fraction of sp³-hybridized carbons (Fsp3) is 0.0435. The lowest BCUT2D eigenvalue weighted by atomic mass is 10.0. The van der Waals surface area contributed by atoms with Crippen molar-refractivity contribution in [3.63, 3.8) is 0 Å². The van der Waals surface area contributed by atoms with Crippen LogP contribution < -0.4 is 0 Å². The number of allylic oxidation sites excluding steroid dienone is 1. The van der Waals surface area contributed by atoms with Crippen LogP contribution in [0.25, 0.3) is 84.1 Å². The third kappa shape index (κ3) is 4.61. The first-order valence-electron chi connectivity index (χ1n) is 17.2. The summed E-state index contributed by atoms with van der Waals surface area (Å²) in [7, 11) is 0. The van der Waals surface area contributed by atoms with Gasteiger partial charge in [0, 0.05) is 49.9 Å². The molecule has 4 heterocycles. The van der Waals surface area contributed by atoms with Gasteiger partial charge in [0.05, 0.1) is 39.3 Å². The summed E-state index contributed by atoms with van der Waals surface area (Å²) in [5, 5.41) is 3.81. The van der Waals surface area contributed by atoms with E-state index in [9.17, 15) is 0 Å². The number of pyridine rings is 2. The van der Waals surface area contributed by atoms with Gasteiger partial charge in [-0.2, -0.15) is 0 Å². The molecule has 9 aromatic rings. The van der Waals surface area contributed by atoms with Gasteiger partial charge in [-0.1, -0.05) is 103 Å². The summed E-state index contributed by atoms with van der Waals surface area (Å²) >= 11 is 0. The first kappa shape index (κ1) is 28.5. The summed E-state index contributed by atoms with van der Waals surface area (Å²) < 4.78 is 4.78. The second kappa shape index (κ2) is 11.6. The monoisotopic (exact) mass is 640 g/mol. The van der Waals surface area contributed by atoms with E-state index < -0.39 is 0 Å². The van der Waals surface area contributed by atoms with Crippen LogP contribution in [0.1, 0.15) is 17.7 Å². The van der Waals surface area contributed by atoms with E-state index in [0.717, 1.165) is 58.1 Å². The van der Waals surface area contributed by atoms with Crippen molar-refractivity contribution in [2.75, 3.05) is 0 Å². The Hall–Kier alpha value is -6.52. The van der Waals surface area contributed by atoms with Crippen LogP contribution >= 0.6 is 0 Å². The van der Waals surface area contributed by atoms with E-state index in [0.29, 0.717) is 0 Å². The summed E-state index contributed by atoms with van der Waals surface area (Å²) in [6, 6.07) is 55.8. The van der Waals surface area contributed by atoms with Gasteiger partial charge < -0.3 is 9.13 Å².